The van der Waals surface area contributed by atoms with Crippen LogP contribution in [0.5, 0.6) is 0 Å². The number of nitrogen functional groups attached to an aromatic ring is 1. The molecule has 0 radical (unpaired) electrons. The number of carbonyl (C=O) groups is 1. The number of hydrogen-bond acceptors (Lipinski definition) is 14. The van der Waals surface area contributed by atoms with Crippen LogP contribution in [0.3, 0.4) is 0 Å². The number of phosphoric ester groups is 1. The molecule has 9 atom stereocenters. The molecular formula is C40H65FN6O12P-. The highest BCUT2D eigenvalue weighted by atomic mass is 31.2. The zero-order valence-electron chi connectivity index (χ0n) is 35.5. The van der Waals surface area contributed by atoms with Crippen molar-refractivity contribution in [2.75, 3.05) is 46.8 Å². The molecule has 1 unspecified atom stereocenters. The average molecular weight is 872 g/mol. The van der Waals surface area contributed by atoms with Gasteiger partial charge in [0.25, 0.3) is 13.4 Å². The van der Waals surface area contributed by atoms with Gasteiger partial charge in [0.2, 0.25) is 5.91 Å². The van der Waals surface area contributed by atoms with E-state index < -0.39 is 79.6 Å². The number of phosphoric acid groups is 1. The quantitative estimate of drug-likeness (QED) is 0.0894. The van der Waals surface area contributed by atoms with Crippen LogP contribution in [0.1, 0.15) is 122 Å². The Kier molecular flexibility index (Phi) is 20.5. The fourth-order valence-corrected chi connectivity index (χ4v) is 8.68. The molecule has 1 amide bonds. The first kappa shape index (κ1) is 49.4. The Hall–Kier alpha value is -3.29. The van der Waals surface area contributed by atoms with Crippen LogP contribution in [0.15, 0.2) is 38.9 Å². The van der Waals surface area contributed by atoms with E-state index in [-0.39, 0.29) is 31.9 Å². The molecule has 2 aromatic heterocycles. The van der Waals surface area contributed by atoms with Crippen molar-refractivity contribution in [1.29, 1.82) is 0 Å². The molecule has 2 aromatic rings. The minimum absolute atomic E-state index is 0.0402. The molecule has 2 aliphatic heterocycles. The highest BCUT2D eigenvalue weighted by molar-refractivity contribution is 7.45. The number of H-pyrrole nitrogens is 1. The molecule has 60 heavy (non-hydrogen) atoms. The Morgan fingerprint density at radius 2 is 1.47 bits per heavy atom. The predicted molar refractivity (Wildman–Crippen MR) is 219 cm³/mol. The van der Waals surface area contributed by atoms with Gasteiger partial charge < -0.3 is 43.5 Å². The number of aromatic amines is 1. The second kappa shape index (κ2) is 25.0. The lowest BCUT2D eigenvalue weighted by Gasteiger charge is -2.32. The van der Waals surface area contributed by atoms with E-state index in [2.05, 4.69) is 21.4 Å². The molecular weight excluding hydrogens is 806 g/mol. The lowest BCUT2D eigenvalue weighted by molar-refractivity contribution is -0.230. The van der Waals surface area contributed by atoms with Gasteiger partial charge in [0.1, 0.15) is 24.1 Å². The topological polar surface area (TPSA) is 232 Å². The molecule has 3 N–H and O–H groups in total. The average Bonchev–Trinajstić information content (AvgIpc) is 3.70. The van der Waals surface area contributed by atoms with Gasteiger partial charge >= 0.3 is 11.4 Å². The summed E-state index contributed by atoms with van der Waals surface area (Å²) in [6.45, 7) is 2.16. The summed E-state index contributed by atoms with van der Waals surface area (Å²) in [5, 5.41) is 0. The van der Waals surface area contributed by atoms with Gasteiger partial charge in [-0.25, -0.2) is 14.0 Å². The normalized spacial score (nSPS) is 25.1. The lowest BCUT2D eigenvalue weighted by Crippen LogP contribution is -2.45. The summed E-state index contributed by atoms with van der Waals surface area (Å²) < 4.78 is 63.9. The standard InChI is InChI=1S/C40H66FN6O12P/c1-5-6-7-8-9-10-11-12-13-14-15-16-17-18-19-22-45(26-29-36(59-60(52,53)56-4)34(41)37(57-29)46-23-20-31(42)43-39(46)50)33(49)25-28-30(27-54-2)58-38(35(28)55-3)47-24-21-32(48)44-40(47)51/h20-21,23-24,28-30,34-38H,5-19,22,25-27H2,1-4H3,(H,52,53)(H2,42,43,50)(H,44,48,51)/p-1/t28-,29-,30-,34-,35-,36-,37-,38-/m1/s1. The SMILES string of the molecule is CCCCCCCCCCCCCCCCCN(C[C@H]1O[C@@H](n2ccc(N)nc2=O)[C@H](F)[C@@H]1OP(=O)([O-])OC)C(=O)C[C@H]1[C@@H](OC)[C@H](n2ccc(=O)[nH]c2=O)O[C@@H]1COC. The molecule has 18 nitrogen and oxygen atoms in total. The second-order valence-corrected chi connectivity index (χ2v) is 17.1. The fourth-order valence-electron chi connectivity index (χ4n) is 8.04. The summed E-state index contributed by atoms with van der Waals surface area (Å²) in [6.07, 6.45) is 9.86. The molecule has 0 spiro atoms. The first-order valence-corrected chi connectivity index (χ1v) is 22.8. The number of ether oxygens (including phenoxy) is 4. The maximum Gasteiger partial charge on any atom is 0.351 e. The van der Waals surface area contributed by atoms with Crippen LogP contribution < -0.4 is 27.6 Å². The van der Waals surface area contributed by atoms with Crippen molar-refractivity contribution in [3.63, 3.8) is 0 Å². The zero-order chi connectivity index (χ0) is 43.7. The number of carbonyl (C=O) groups excluding carboxylic acids is 1. The molecule has 2 aliphatic rings. The van der Waals surface area contributed by atoms with Crippen molar-refractivity contribution in [3.05, 3.63) is 55.8 Å². The molecule has 0 bridgehead atoms. The molecule has 0 aliphatic carbocycles. The van der Waals surface area contributed by atoms with Crippen LogP contribution >= 0.6 is 7.82 Å². The number of nitrogens with one attached hydrogen (secondary N) is 1. The molecule has 4 rings (SSSR count). The van der Waals surface area contributed by atoms with Crippen molar-refractivity contribution in [1.82, 2.24) is 24.0 Å². The Bertz CT molecular complexity index is 1830. The van der Waals surface area contributed by atoms with Crippen LogP contribution in [0, 0.1) is 5.92 Å². The minimum atomic E-state index is -5.05. The number of aromatic nitrogens is 4. The van der Waals surface area contributed by atoms with Crippen molar-refractivity contribution >= 4 is 19.5 Å². The Morgan fingerprint density at radius 1 is 0.883 bits per heavy atom. The Balaban J connectivity index is 1.48. The van der Waals surface area contributed by atoms with Crippen LogP contribution in [0.25, 0.3) is 0 Å². The van der Waals surface area contributed by atoms with E-state index in [1.165, 1.54) is 112 Å². The van der Waals surface area contributed by atoms with Gasteiger partial charge in [-0.3, -0.25) is 28.3 Å². The number of nitrogens with two attached hydrogens (primary N) is 1. The van der Waals surface area contributed by atoms with Crippen molar-refractivity contribution < 1.29 is 46.6 Å². The molecule has 0 aromatic carbocycles. The molecule has 4 heterocycles. The third kappa shape index (κ3) is 14.4. The van der Waals surface area contributed by atoms with Crippen molar-refractivity contribution in [2.45, 2.75) is 153 Å². The maximum absolute atomic E-state index is 16.2. The van der Waals surface area contributed by atoms with E-state index in [9.17, 15) is 28.6 Å². The molecule has 2 fully saturated rings. The Labute approximate surface area is 350 Å². The summed E-state index contributed by atoms with van der Waals surface area (Å²) in [7, 11) is -1.30. The number of nitrogens with zero attached hydrogens (tertiary/aromatic N) is 4. The summed E-state index contributed by atoms with van der Waals surface area (Å²) in [5.74, 6) is -1.19. The van der Waals surface area contributed by atoms with E-state index in [4.69, 9.17) is 29.2 Å². The highest BCUT2D eigenvalue weighted by Gasteiger charge is 2.51. The van der Waals surface area contributed by atoms with Gasteiger partial charge in [-0.1, -0.05) is 96.8 Å². The number of amides is 1. The second-order valence-electron chi connectivity index (χ2n) is 15.6. The molecule has 340 valence electrons. The van der Waals surface area contributed by atoms with Crippen LogP contribution in [-0.4, -0.2) is 102 Å². The van der Waals surface area contributed by atoms with Gasteiger partial charge in [0, 0.05) is 65.2 Å². The van der Waals surface area contributed by atoms with E-state index in [0.29, 0.717) is 6.42 Å². The number of methoxy groups -OCH3 is 2. The smallest absolute Gasteiger partial charge is 0.351 e. The van der Waals surface area contributed by atoms with E-state index in [1.807, 2.05) is 0 Å². The number of unbranched alkanes of at least 4 members (excludes halogenated alkanes) is 14. The van der Waals surface area contributed by atoms with Crippen LogP contribution in [0.2, 0.25) is 0 Å². The third-order valence-corrected chi connectivity index (χ3v) is 12.2. The van der Waals surface area contributed by atoms with Crippen molar-refractivity contribution in [3.8, 4) is 0 Å². The highest BCUT2D eigenvalue weighted by Crippen LogP contribution is 2.45. The van der Waals surface area contributed by atoms with Crippen LogP contribution in [-0.2, 0) is 37.4 Å². The van der Waals surface area contributed by atoms with Crippen LogP contribution in [0.4, 0.5) is 10.2 Å². The van der Waals surface area contributed by atoms with Gasteiger partial charge in [0.15, 0.2) is 18.6 Å². The van der Waals surface area contributed by atoms with E-state index in [0.717, 1.165) is 37.4 Å². The molecule has 2 saturated heterocycles. The van der Waals surface area contributed by atoms with E-state index >= 15 is 4.39 Å². The third-order valence-electron chi connectivity index (χ3n) is 11.3. The minimum Gasteiger partial charge on any atom is -0.756 e. The van der Waals surface area contributed by atoms with Gasteiger partial charge in [-0.05, 0) is 12.5 Å². The summed E-state index contributed by atoms with van der Waals surface area (Å²) in [4.78, 5) is 71.6. The van der Waals surface area contributed by atoms with Crippen molar-refractivity contribution in [2.24, 2.45) is 5.92 Å². The maximum atomic E-state index is 16.2. The van der Waals surface area contributed by atoms with Gasteiger partial charge in [-0.15, -0.1) is 0 Å². The molecule has 20 heteroatoms. The number of anilines is 1. The largest absolute Gasteiger partial charge is 0.756 e. The zero-order valence-corrected chi connectivity index (χ0v) is 36.3. The number of alkyl halides is 1. The first-order valence-electron chi connectivity index (χ1n) is 21.3. The van der Waals surface area contributed by atoms with Gasteiger partial charge in [0.05, 0.1) is 12.7 Å². The van der Waals surface area contributed by atoms with E-state index in [1.54, 1.807) is 0 Å². The fraction of sp³-hybridized carbons (Fsp3) is 0.775. The number of hydrogen-bond donors (Lipinski definition) is 2. The summed E-state index contributed by atoms with van der Waals surface area (Å²) >= 11 is 0. The summed E-state index contributed by atoms with van der Waals surface area (Å²) in [6, 6.07) is 2.44. The first-order chi connectivity index (χ1) is 28.8. The summed E-state index contributed by atoms with van der Waals surface area (Å²) in [5.41, 5.74) is 3.38. The number of halogens is 1. The monoisotopic (exact) mass is 871 g/mol. The lowest BCUT2D eigenvalue weighted by atomic mass is 9.93. The predicted octanol–water partition coefficient (Wildman–Crippen LogP) is 4.38. The molecule has 0 saturated carbocycles. The van der Waals surface area contributed by atoms with Gasteiger partial charge in [-0.2, -0.15) is 4.98 Å². The Morgan fingerprint density at radius 3 is 2.02 bits per heavy atom. The number of rotatable bonds is 28.